The molecule has 0 aliphatic rings. The van der Waals surface area contributed by atoms with Gasteiger partial charge in [0.1, 0.15) is 6.29 Å². The van der Waals surface area contributed by atoms with Crippen molar-refractivity contribution < 1.29 is 84.2 Å². The van der Waals surface area contributed by atoms with Gasteiger partial charge in [0.15, 0.2) is 0 Å². The summed E-state index contributed by atoms with van der Waals surface area (Å²) in [7, 11) is 0. The van der Waals surface area contributed by atoms with Crippen LogP contribution in [0.1, 0.15) is 32.1 Å². The van der Waals surface area contributed by atoms with Crippen molar-refractivity contribution in [2.24, 2.45) is 0 Å². The van der Waals surface area contributed by atoms with Gasteiger partial charge in [0.25, 0.3) is 5.24 Å². The molecule has 0 aromatic carbocycles. The van der Waals surface area contributed by atoms with E-state index in [9.17, 15) is 84.2 Å². The van der Waals surface area contributed by atoms with Crippen LogP contribution in [0.15, 0.2) is 0 Å². The molecule has 0 aliphatic heterocycles. The number of thioether (sulfide) groups is 1. The van der Waals surface area contributed by atoms with Crippen LogP contribution in [0.3, 0.4) is 0 Å². The Morgan fingerprint density at radius 3 is 1.45 bits per heavy atom. The molecule has 21 heteroatoms. The Kier molecular flexibility index (Phi) is 11.3. The lowest BCUT2D eigenvalue weighted by Crippen LogP contribution is -2.74. The minimum atomic E-state index is -8.66. The average Bonchev–Trinajstić information content (AvgIpc) is 2.74. The molecule has 1 N–H and O–H groups in total. The molecule has 0 heterocycles. The Labute approximate surface area is 205 Å². The van der Waals surface area contributed by atoms with Crippen LogP contribution in [0.25, 0.3) is 0 Å². The molecule has 0 radical (unpaired) electrons. The third-order valence-electron chi connectivity index (χ3n) is 4.70. The van der Waals surface area contributed by atoms with E-state index in [0.29, 0.717) is 19.1 Å². The first-order valence-electron chi connectivity index (χ1n) is 9.76. The van der Waals surface area contributed by atoms with Crippen LogP contribution < -0.4 is 5.32 Å². The zero-order chi connectivity index (χ0) is 30.6. The molecule has 3 nitrogen and oxygen atoms in total. The van der Waals surface area contributed by atoms with Gasteiger partial charge in [-0.2, -0.15) is 74.6 Å². The first-order chi connectivity index (χ1) is 16.7. The number of aldehydes is 1. The van der Waals surface area contributed by atoms with Crippen LogP contribution in [0, 0.1) is 0 Å². The number of alkyl halides is 17. The van der Waals surface area contributed by atoms with Crippen LogP contribution in [0.5, 0.6) is 0 Å². The fourth-order valence-electron chi connectivity index (χ4n) is 2.40. The minimum Gasteiger partial charge on any atom is -0.347 e. The standard InChI is InChI=1S/C17H16F17NO2S/c18-10(19,5-8-38-9(37)35-6-3-1-2-4-7-36)11(20,21)12(22,23)13(24,25)14(26,27)15(28,29)16(30,31)17(32,33)34/h7H,1-6,8H2,(H,35,37). The van der Waals surface area contributed by atoms with E-state index in [1.165, 1.54) is 0 Å². The quantitative estimate of drug-likeness (QED) is 0.117. The minimum absolute atomic E-state index is 0.159. The van der Waals surface area contributed by atoms with E-state index >= 15 is 0 Å². The van der Waals surface area contributed by atoms with Crippen molar-refractivity contribution in [3.63, 3.8) is 0 Å². The maximum absolute atomic E-state index is 13.7. The van der Waals surface area contributed by atoms with Gasteiger partial charge in [-0.15, -0.1) is 0 Å². The van der Waals surface area contributed by atoms with Crippen molar-refractivity contribution in [1.82, 2.24) is 5.32 Å². The number of carbonyl (C=O) groups excluding carboxylic acids is 2. The smallest absolute Gasteiger partial charge is 0.347 e. The summed E-state index contributed by atoms with van der Waals surface area (Å²) in [5.41, 5.74) is 0. The molecule has 0 spiro atoms. The molecule has 0 bridgehead atoms. The van der Waals surface area contributed by atoms with E-state index in [-0.39, 0.29) is 31.1 Å². The molecule has 38 heavy (non-hydrogen) atoms. The average molecular weight is 621 g/mol. The van der Waals surface area contributed by atoms with Gasteiger partial charge < -0.3 is 10.1 Å². The summed E-state index contributed by atoms with van der Waals surface area (Å²) in [5.74, 6) is -58.2. The van der Waals surface area contributed by atoms with E-state index in [1.807, 2.05) is 5.32 Å². The number of hydrogen-bond acceptors (Lipinski definition) is 3. The van der Waals surface area contributed by atoms with Gasteiger partial charge in [0.05, 0.1) is 0 Å². The second kappa shape index (κ2) is 11.8. The third-order valence-corrected chi connectivity index (χ3v) is 5.52. The van der Waals surface area contributed by atoms with Crippen LogP contribution in [0.4, 0.5) is 79.4 Å². The van der Waals surface area contributed by atoms with Crippen molar-refractivity contribution >= 4 is 23.3 Å². The van der Waals surface area contributed by atoms with Gasteiger partial charge >= 0.3 is 47.6 Å². The number of amides is 1. The molecular weight excluding hydrogens is 605 g/mol. The summed E-state index contributed by atoms with van der Waals surface area (Å²) < 4.78 is 224. The van der Waals surface area contributed by atoms with Crippen molar-refractivity contribution in [2.75, 3.05) is 12.3 Å². The van der Waals surface area contributed by atoms with E-state index in [2.05, 4.69) is 0 Å². The van der Waals surface area contributed by atoms with Gasteiger partial charge in [-0.25, -0.2) is 0 Å². The van der Waals surface area contributed by atoms with Crippen molar-refractivity contribution in [2.45, 2.75) is 79.7 Å². The lowest BCUT2D eigenvalue weighted by atomic mass is 9.88. The van der Waals surface area contributed by atoms with Crippen molar-refractivity contribution in [3.05, 3.63) is 0 Å². The summed E-state index contributed by atoms with van der Waals surface area (Å²) in [6.07, 6.45) is -8.73. The molecule has 0 rings (SSSR count). The highest BCUT2D eigenvalue weighted by Gasteiger charge is 2.95. The third kappa shape index (κ3) is 6.53. The largest absolute Gasteiger partial charge is 0.460 e. The fourth-order valence-corrected chi connectivity index (χ4v) is 3.14. The number of nitrogens with one attached hydrogen (secondary N) is 1. The zero-order valence-corrected chi connectivity index (χ0v) is 19.0. The van der Waals surface area contributed by atoms with Gasteiger partial charge in [-0.1, -0.05) is 18.2 Å². The molecule has 0 aromatic rings. The normalized spacial score (nSPS) is 15.0. The first kappa shape index (κ1) is 36.3. The number of rotatable bonds is 15. The monoisotopic (exact) mass is 621 g/mol. The van der Waals surface area contributed by atoms with Crippen LogP contribution in [-0.4, -0.2) is 71.5 Å². The molecule has 0 atom stereocenters. The highest BCUT2D eigenvalue weighted by molar-refractivity contribution is 8.13. The molecule has 0 aromatic heterocycles. The number of carbonyl (C=O) groups is 2. The Hall–Kier alpha value is -1.70. The lowest BCUT2D eigenvalue weighted by Gasteiger charge is -2.42. The van der Waals surface area contributed by atoms with Crippen LogP contribution in [0.2, 0.25) is 0 Å². The predicted molar refractivity (Wildman–Crippen MR) is 95.7 cm³/mol. The van der Waals surface area contributed by atoms with E-state index < -0.39 is 65.0 Å². The zero-order valence-electron chi connectivity index (χ0n) is 18.2. The first-order valence-corrected chi connectivity index (χ1v) is 10.7. The molecule has 1 amide bonds. The van der Waals surface area contributed by atoms with E-state index in [4.69, 9.17) is 0 Å². The Morgan fingerprint density at radius 2 is 1.03 bits per heavy atom. The van der Waals surface area contributed by atoms with Gasteiger partial charge in [-0.3, -0.25) is 4.79 Å². The van der Waals surface area contributed by atoms with Gasteiger partial charge in [-0.05, 0) is 12.8 Å². The summed E-state index contributed by atoms with van der Waals surface area (Å²) in [4.78, 5) is 21.5. The number of hydrogen-bond donors (Lipinski definition) is 1. The molecule has 0 saturated carbocycles. The van der Waals surface area contributed by atoms with Gasteiger partial charge in [0.2, 0.25) is 0 Å². The summed E-state index contributed by atoms with van der Waals surface area (Å²) >= 11 is -0.323. The van der Waals surface area contributed by atoms with Crippen LogP contribution in [-0.2, 0) is 4.79 Å². The highest BCUT2D eigenvalue weighted by atomic mass is 32.2. The Balaban J connectivity index is 5.72. The van der Waals surface area contributed by atoms with Crippen LogP contribution >= 0.6 is 11.8 Å². The maximum atomic E-state index is 13.7. The fraction of sp³-hybridized carbons (Fsp3) is 0.882. The molecular formula is C17H16F17NO2S. The Morgan fingerprint density at radius 1 is 0.605 bits per heavy atom. The molecule has 0 unspecified atom stereocenters. The highest BCUT2D eigenvalue weighted by Crippen LogP contribution is 2.64. The van der Waals surface area contributed by atoms with E-state index in [0.717, 1.165) is 0 Å². The second-order valence-corrected chi connectivity index (χ2v) is 8.54. The topological polar surface area (TPSA) is 46.2 Å². The second-order valence-electron chi connectivity index (χ2n) is 7.48. The van der Waals surface area contributed by atoms with E-state index in [1.54, 1.807) is 0 Å². The molecule has 0 saturated heterocycles. The Bertz CT molecular complexity index is 813. The van der Waals surface area contributed by atoms with Gasteiger partial charge in [0, 0.05) is 25.1 Å². The number of unbranched alkanes of at least 4 members (excludes halogenated alkanes) is 3. The molecule has 0 aliphatic carbocycles. The maximum Gasteiger partial charge on any atom is 0.460 e. The van der Waals surface area contributed by atoms with Crippen molar-refractivity contribution in [1.29, 1.82) is 0 Å². The SMILES string of the molecule is O=CCCCCCNC(=O)SCCC(F)(F)C(F)(F)C(F)(F)C(F)(F)C(F)(F)C(F)(F)C(F)(F)C(F)(F)F. The summed E-state index contributed by atoms with van der Waals surface area (Å²) in [5, 5.41) is 0.739. The number of halogens is 17. The molecule has 0 fully saturated rings. The van der Waals surface area contributed by atoms with Crippen molar-refractivity contribution in [3.8, 4) is 0 Å². The summed E-state index contributed by atoms with van der Waals surface area (Å²) in [6.45, 7) is -0.159. The lowest BCUT2D eigenvalue weighted by molar-refractivity contribution is -0.461. The predicted octanol–water partition coefficient (Wildman–Crippen LogP) is 7.59. The summed E-state index contributed by atoms with van der Waals surface area (Å²) in [6, 6.07) is 0. The molecule has 226 valence electrons.